The number of hydrogen-bond donors (Lipinski definition) is 0. The Balaban J connectivity index is 1.21. The Kier molecular flexibility index (Phi) is 7.43. The van der Waals surface area contributed by atoms with Crippen molar-refractivity contribution < 1.29 is 9.15 Å². The minimum absolute atomic E-state index is 0.275. The van der Waals surface area contributed by atoms with E-state index in [0.29, 0.717) is 34.7 Å². The van der Waals surface area contributed by atoms with Crippen LogP contribution in [0.4, 0.5) is 0 Å². The Morgan fingerprint density at radius 2 is 1.69 bits per heavy atom. The minimum Gasteiger partial charge on any atom is -0.489 e. The molecule has 7 nitrogen and oxygen atoms in total. The lowest BCUT2D eigenvalue weighted by molar-refractivity contribution is 0.306. The van der Waals surface area contributed by atoms with Gasteiger partial charge in [0, 0.05) is 32.5 Å². The van der Waals surface area contributed by atoms with Crippen molar-refractivity contribution in [3.05, 3.63) is 146 Å². The van der Waals surface area contributed by atoms with Crippen molar-refractivity contribution in [3.63, 3.8) is 0 Å². The Morgan fingerprint density at radius 3 is 2.49 bits per heavy atom. The molecule has 0 saturated heterocycles. The Labute approximate surface area is 268 Å². The maximum atomic E-state index is 13.7. The van der Waals surface area contributed by atoms with E-state index in [1.54, 1.807) is 12.3 Å². The van der Waals surface area contributed by atoms with Gasteiger partial charge < -0.3 is 13.7 Å². The van der Waals surface area contributed by atoms with Gasteiger partial charge in [-0.25, -0.2) is 4.98 Å². The number of nitrogens with zero attached hydrogens (tertiary/aromatic N) is 4. The van der Waals surface area contributed by atoms with Crippen molar-refractivity contribution in [3.8, 4) is 23.0 Å². The van der Waals surface area contributed by atoms with Crippen LogP contribution in [0.5, 0.6) is 5.75 Å². The van der Waals surface area contributed by atoms with Crippen LogP contribution in [0.2, 0.25) is 0 Å². The zero-order chi connectivity index (χ0) is 31.1. The molecule has 0 N–H and O–H groups in total. The third-order valence-corrected chi connectivity index (χ3v) is 8.35. The number of hydrogen-bond acceptors (Lipinski definition) is 5. The van der Waals surface area contributed by atoms with Crippen molar-refractivity contribution in [1.82, 2.24) is 14.2 Å². The van der Waals surface area contributed by atoms with Gasteiger partial charge >= 0.3 is 0 Å². The van der Waals surface area contributed by atoms with Gasteiger partial charge in [0.25, 0.3) is 5.56 Å². The SMILES string of the molecule is Cc1ccc(COc2ccc(-n3c(C)cc(C=Nn4c(-c5cc6cc(Br)ccc6o5)nc5ccccc5c4=O)c3C)cc2)cc1. The fourth-order valence-electron chi connectivity index (χ4n) is 5.49. The van der Waals surface area contributed by atoms with Gasteiger partial charge in [-0.1, -0.05) is 57.9 Å². The van der Waals surface area contributed by atoms with E-state index >= 15 is 0 Å². The van der Waals surface area contributed by atoms with Gasteiger partial charge in [0.05, 0.1) is 17.1 Å². The molecule has 0 aliphatic rings. The van der Waals surface area contributed by atoms with Crippen molar-refractivity contribution in [2.75, 3.05) is 0 Å². The molecule has 0 bridgehead atoms. The summed E-state index contributed by atoms with van der Waals surface area (Å²) in [5.74, 6) is 1.59. The minimum atomic E-state index is -0.275. The lowest BCUT2D eigenvalue weighted by Gasteiger charge is -2.12. The van der Waals surface area contributed by atoms with Gasteiger partial charge in [-0.3, -0.25) is 4.79 Å². The summed E-state index contributed by atoms with van der Waals surface area (Å²) in [5, 5.41) is 6.06. The molecule has 7 aromatic rings. The topological polar surface area (TPSA) is 74.6 Å². The predicted molar refractivity (Wildman–Crippen MR) is 183 cm³/mol. The standard InChI is InChI=1S/C37H29BrN4O3/c1-23-8-10-26(11-9-23)22-44-31-15-13-30(14-16-31)41-24(2)18-28(25(41)3)21-39-42-36(40-33-7-5-4-6-32(33)37(42)43)35-20-27-19-29(38)12-17-34(27)45-35/h4-21H,22H2,1-3H3. The molecule has 4 aromatic carbocycles. The molecule has 0 saturated carbocycles. The molecule has 0 amide bonds. The summed E-state index contributed by atoms with van der Waals surface area (Å²) in [6.07, 6.45) is 1.71. The van der Waals surface area contributed by atoms with Gasteiger partial charge in [-0.2, -0.15) is 9.78 Å². The monoisotopic (exact) mass is 656 g/mol. The molecule has 3 aromatic heterocycles. The molecule has 0 spiro atoms. The lowest BCUT2D eigenvalue weighted by atomic mass is 10.2. The highest BCUT2D eigenvalue weighted by molar-refractivity contribution is 9.10. The fourth-order valence-corrected chi connectivity index (χ4v) is 5.87. The van der Waals surface area contributed by atoms with Crippen LogP contribution >= 0.6 is 15.9 Å². The summed E-state index contributed by atoms with van der Waals surface area (Å²) < 4.78 is 16.6. The Morgan fingerprint density at radius 1 is 0.911 bits per heavy atom. The number of para-hydroxylation sites is 1. The smallest absolute Gasteiger partial charge is 0.282 e. The number of halogens is 1. The number of ether oxygens (including phenoxy) is 1. The van der Waals surface area contributed by atoms with Gasteiger partial charge in [0.2, 0.25) is 5.82 Å². The highest BCUT2D eigenvalue weighted by atomic mass is 79.9. The quantitative estimate of drug-likeness (QED) is 0.161. The van der Waals surface area contributed by atoms with Crippen molar-refractivity contribution >= 4 is 44.0 Å². The summed E-state index contributed by atoms with van der Waals surface area (Å²) in [4.78, 5) is 18.5. The zero-order valence-electron chi connectivity index (χ0n) is 25.0. The zero-order valence-corrected chi connectivity index (χ0v) is 26.6. The molecule has 3 heterocycles. The molecular formula is C37H29BrN4O3. The number of fused-ring (bicyclic) bond motifs is 2. The van der Waals surface area contributed by atoms with Gasteiger partial charge in [0.1, 0.15) is 17.9 Å². The van der Waals surface area contributed by atoms with E-state index in [1.807, 2.05) is 80.6 Å². The normalized spacial score (nSPS) is 11.6. The Hall–Kier alpha value is -5.21. The first-order valence-electron chi connectivity index (χ1n) is 14.6. The van der Waals surface area contributed by atoms with Gasteiger partial charge in [0.15, 0.2) is 5.76 Å². The first kappa shape index (κ1) is 28.6. The van der Waals surface area contributed by atoms with Crippen LogP contribution < -0.4 is 10.3 Å². The van der Waals surface area contributed by atoms with Crippen LogP contribution in [0.15, 0.2) is 122 Å². The number of aryl methyl sites for hydroxylation is 2. The maximum Gasteiger partial charge on any atom is 0.282 e. The van der Waals surface area contributed by atoms with E-state index in [-0.39, 0.29) is 5.56 Å². The summed E-state index contributed by atoms with van der Waals surface area (Å²) in [6.45, 7) is 6.67. The molecule has 0 fully saturated rings. The van der Waals surface area contributed by atoms with Crippen LogP contribution in [0, 0.1) is 20.8 Å². The van der Waals surface area contributed by atoms with Gasteiger partial charge in [-0.15, -0.1) is 0 Å². The predicted octanol–water partition coefficient (Wildman–Crippen LogP) is 8.75. The van der Waals surface area contributed by atoms with E-state index < -0.39 is 0 Å². The first-order valence-corrected chi connectivity index (χ1v) is 15.4. The maximum absolute atomic E-state index is 13.7. The fraction of sp³-hybridized carbons (Fsp3) is 0.108. The van der Waals surface area contributed by atoms with Crippen LogP contribution in [0.1, 0.15) is 28.1 Å². The molecular weight excluding hydrogens is 628 g/mol. The van der Waals surface area contributed by atoms with Crippen LogP contribution in [-0.2, 0) is 6.61 Å². The van der Waals surface area contributed by atoms with Crippen LogP contribution in [0.3, 0.4) is 0 Å². The van der Waals surface area contributed by atoms with Crippen molar-refractivity contribution in [2.45, 2.75) is 27.4 Å². The third kappa shape index (κ3) is 5.60. The second-order valence-corrected chi connectivity index (χ2v) is 12.0. The molecule has 0 aliphatic heterocycles. The van der Waals surface area contributed by atoms with Crippen LogP contribution in [0.25, 0.3) is 39.1 Å². The van der Waals surface area contributed by atoms with E-state index in [0.717, 1.165) is 43.8 Å². The van der Waals surface area contributed by atoms with E-state index in [1.165, 1.54) is 10.2 Å². The summed E-state index contributed by atoms with van der Waals surface area (Å²) in [5.41, 5.74) is 7.27. The molecule has 45 heavy (non-hydrogen) atoms. The van der Waals surface area contributed by atoms with Crippen LogP contribution in [-0.4, -0.2) is 20.4 Å². The van der Waals surface area contributed by atoms with E-state index in [2.05, 4.69) is 62.9 Å². The van der Waals surface area contributed by atoms with Crippen molar-refractivity contribution in [2.24, 2.45) is 5.10 Å². The number of aromatic nitrogens is 3. The number of rotatable bonds is 7. The molecule has 8 heteroatoms. The molecule has 0 radical (unpaired) electrons. The highest BCUT2D eigenvalue weighted by Gasteiger charge is 2.17. The average molecular weight is 658 g/mol. The third-order valence-electron chi connectivity index (χ3n) is 7.86. The lowest BCUT2D eigenvalue weighted by Crippen LogP contribution is -2.20. The Bertz CT molecular complexity index is 2280. The first-order chi connectivity index (χ1) is 21.8. The average Bonchev–Trinajstić information content (AvgIpc) is 3.59. The second kappa shape index (κ2) is 11.7. The largest absolute Gasteiger partial charge is 0.489 e. The summed E-state index contributed by atoms with van der Waals surface area (Å²) >= 11 is 3.52. The molecule has 7 rings (SSSR count). The molecule has 222 valence electrons. The number of furan rings is 1. The molecule has 0 unspecified atom stereocenters. The summed E-state index contributed by atoms with van der Waals surface area (Å²) in [6, 6.07) is 33.3. The molecule has 0 atom stereocenters. The second-order valence-electron chi connectivity index (χ2n) is 11.0. The van der Waals surface area contributed by atoms with Crippen molar-refractivity contribution in [1.29, 1.82) is 0 Å². The van der Waals surface area contributed by atoms with E-state index in [9.17, 15) is 4.79 Å². The van der Waals surface area contributed by atoms with Gasteiger partial charge in [-0.05, 0) is 93.1 Å². The highest BCUT2D eigenvalue weighted by Crippen LogP contribution is 2.29. The number of benzene rings is 4. The summed E-state index contributed by atoms with van der Waals surface area (Å²) in [7, 11) is 0. The molecule has 0 aliphatic carbocycles. The van der Waals surface area contributed by atoms with E-state index in [4.69, 9.17) is 14.1 Å².